The van der Waals surface area contributed by atoms with Crippen LogP contribution in [0.3, 0.4) is 0 Å². The summed E-state index contributed by atoms with van der Waals surface area (Å²) in [6.07, 6.45) is 0. The van der Waals surface area contributed by atoms with Gasteiger partial charge in [-0.05, 0) is 67.4 Å². The lowest BCUT2D eigenvalue weighted by molar-refractivity contribution is -0.119. The van der Waals surface area contributed by atoms with Crippen molar-refractivity contribution in [2.45, 2.75) is 18.7 Å². The molecule has 0 bridgehead atoms. The number of hydrogen-bond donors (Lipinski definition) is 2. The van der Waals surface area contributed by atoms with Gasteiger partial charge in [-0.1, -0.05) is 24.3 Å². The molecule has 33 heavy (non-hydrogen) atoms. The van der Waals surface area contributed by atoms with E-state index in [0.717, 1.165) is 5.56 Å². The molecule has 3 aromatic carbocycles. The number of nitriles is 1. The first kappa shape index (κ1) is 23.5. The molecular formula is C24H21N3O5S. The van der Waals surface area contributed by atoms with Crippen LogP contribution in [0.15, 0.2) is 71.6 Å². The van der Waals surface area contributed by atoms with Crippen molar-refractivity contribution in [3.05, 3.63) is 89.0 Å². The summed E-state index contributed by atoms with van der Waals surface area (Å²) in [4.78, 5) is 24.4. The average Bonchev–Trinajstić information content (AvgIpc) is 2.77. The van der Waals surface area contributed by atoms with Gasteiger partial charge in [0.05, 0.1) is 22.1 Å². The number of anilines is 2. The molecule has 0 aliphatic carbocycles. The first-order valence-corrected chi connectivity index (χ1v) is 11.3. The molecule has 0 atom stereocenters. The summed E-state index contributed by atoms with van der Waals surface area (Å²) in [6.45, 7) is 2.88. The van der Waals surface area contributed by atoms with Gasteiger partial charge in [0.1, 0.15) is 0 Å². The lowest BCUT2D eigenvalue weighted by atomic mass is 10.1. The predicted octanol–water partition coefficient (Wildman–Crippen LogP) is 3.77. The second-order valence-corrected chi connectivity index (χ2v) is 8.92. The molecule has 0 aliphatic rings. The Labute approximate surface area is 191 Å². The normalized spacial score (nSPS) is 10.7. The first-order valence-electron chi connectivity index (χ1n) is 9.85. The van der Waals surface area contributed by atoms with E-state index in [9.17, 15) is 18.0 Å². The minimum absolute atomic E-state index is 0.00973. The minimum Gasteiger partial charge on any atom is -0.452 e. The molecule has 3 rings (SSSR count). The van der Waals surface area contributed by atoms with Crippen LogP contribution < -0.4 is 10.0 Å². The van der Waals surface area contributed by atoms with E-state index in [1.165, 1.54) is 24.3 Å². The Morgan fingerprint density at radius 2 is 1.70 bits per heavy atom. The van der Waals surface area contributed by atoms with Gasteiger partial charge in [0, 0.05) is 11.4 Å². The highest BCUT2D eigenvalue weighted by Crippen LogP contribution is 2.22. The fraction of sp³-hybridized carbons (Fsp3) is 0.125. The zero-order valence-electron chi connectivity index (χ0n) is 18.0. The Bertz CT molecular complexity index is 1360. The molecule has 9 heteroatoms. The molecule has 0 heterocycles. The van der Waals surface area contributed by atoms with Crippen molar-refractivity contribution in [1.29, 1.82) is 5.26 Å². The van der Waals surface area contributed by atoms with E-state index < -0.39 is 28.5 Å². The van der Waals surface area contributed by atoms with Crippen LogP contribution >= 0.6 is 0 Å². The topological polar surface area (TPSA) is 125 Å². The number of nitrogens with one attached hydrogen (secondary N) is 2. The molecule has 0 saturated heterocycles. The van der Waals surface area contributed by atoms with Crippen molar-refractivity contribution < 1.29 is 22.7 Å². The van der Waals surface area contributed by atoms with Crippen LogP contribution in [0.1, 0.15) is 27.0 Å². The Morgan fingerprint density at radius 3 is 2.42 bits per heavy atom. The number of carbonyl (C=O) groups excluding carboxylic acids is 2. The molecule has 8 nitrogen and oxygen atoms in total. The maximum Gasteiger partial charge on any atom is 0.338 e. The number of esters is 1. The fourth-order valence-corrected chi connectivity index (χ4v) is 4.33. The fourth-order valence-electron chi connectivity index (χ4n) is 3.01. The number of carbonyl (C=O) groups is 2. The molecular weight excluding hydrogens is 442 g/mol. The largest absolute Gasteiger partial charge is 0.452 e. The Kier molecular flexibility index (Phi) is 7.10. The van der Waals surface area contributed by atoms with Crippen molar-refractivity contribution in [3.63, 3.8) is 0 Å². The lowest BCUT2D eigenvalue weighted by Gasteiger charge is -2.12. The first-order chi connectivity index (χ1) is 15.7. The molecule has 0 aromatic heterocycles. The van der Waals surface area contributed by atoms with Gasteiger partial charge < -0.3 is 10.1 Å². The van der Waals surface area contributed by atoms with Gasteiger partial charge in [-0.3, -0.25) is 9.52 Å². The van der Waals surface area contributed by atoms with Gasteiger partial charge in [0.15, 0.2) is 6.61 Å². The maximum absolute atomic E-state index is 12.9. The average molecular weight is 464 g/mol. The van der Waals surface area contributed by atoms with E-state index in [0.29, 0.717) is 22.5 Å². The van der Waals surface area contributed by atoms with E-state index in [2.05, 4.69) is 10.0 Å². The molecule has 1 amide bonds. The molecule has 0 spiro atoms. The number of ether oxygens (including phenoxy) is 1. The quantitative estimate of drug-likeness (QED) is 0.514. The molecule has 3 aromatic rings. The number of aryl methyl sites for hydroxylation is 2. The van der Waals surface area contributed by atoms with Gasteiger partial charge in [0.25, 0.3) is 15.9 Å². The molecule has 0 radical (unpaired) electrons. The second-order valence-electron chi connectivity index (χ2n) is 7.27. The minimum atomic E-state index is -3.96. The van der Waals surface area contributed by atoms with Gasteiger partial charge in [-0.25, -0.2) is 13.2 Å². The zero-order valence-corrected chi connectivity index (χ0v) is 18.8. The Balaban J connectivity index is 1.69. The third kappa shape index (κ3) is 6.18. The second kappa shape index (κ2) is 9.97. The Morgan fingerprint density at radius 1 is 0.970 bits per heavy atom. The van der Waals surface area contributed by atoms with Gasteiger partial charge in [-0.2, -0.15) is 5.26 Å². The Hall–Kier alpha value is -4.16. The van der Waals surface area contributed by atoms with E-state index in [1.807, 2.05) is 19.1 Å². The molecule has 2 N–H and O–H groups in total. The van der Waals surface area contributed by atoms with E-state index in [1.54, 1.807) is 43.3 Å². The number of benzene rings is 3. The van der Waals surface area contributed by atoms with Crippen LogP contribution in [0.4, 0.5) is 11.4 Å². The zero-order chi connectivity index (χ0) is 24.0. The van der Waals surface area contributed by atoms with E-state index in [-0.39, 0.29) is 10.5 Å². The van der Waals surface area contributed by atoms with Crippen LogP contribution in [0.2, 0.25) is 0 Å². The van der Waals surface area contributed by atoms with Crippen LogP contribution in [-0.2, 0) is 19.6 Å². The predicted molar refractivity (Wildman–Crippen MR) is 123 cm³/mol. The molecule has 0 aliphatic heterocycles. The summed E-state index contributed by atoms with van der Waals surface area (Å²) in [6, 6.07) is 19.3. The van der Waals surface area contributed by atoms with Crippen LogP contribution in [0, 0.1) is 25.2 Å². The number of amides is 1. The molecule has 168 valence electrons. The van der Waals surface area contributed by atoms with E-state index >= 15 is 0 Å². The monoisotopic (exact) mass is 463 g/mol. The van der Waals surface area contributed by atoms with Crippen LogP contribution in [-0.4, -0.2) is 26.9 Å². The molecule has 0 saturated carbocycles. The van der Waals surface area contributed by atoms with Crippen LogP contribution in [0.25, 0.3) is 0 Å². The summed E-state index contributed by atoms with van der Waals surface area (Å²) in [7, 11) is -3.96. The molecule has 0 unspecified atom stereocenters. The highest BCUT2D eigenvalue weighted by Gasteiger charge is 2.20. The summed E-state index contributed by atoms with van der Waals surface area (Å²) in [5.41, 5.74) is 2.49. The third-order valence-corrected chi connectivity index (χ3v) is 6.12. The summed E-state index contributed by atoms with van der Waals surface area (Å²) in [5.74, 6) is -1.44. The van der Waals surface area contributed by atoms with Gasteiger partial charge in [-0.15, -0.1) is 0 Å². The van der Waals surface area contributed by atoms with Gasteiger partial charge in [0.2, 0.25) is 0 Å². The third-order valence-electron chi connectivity index (χ3n) is 4.59. The van der Waals surface area contributed by atoms with Crippen molar-refractivity contribution in [2.75, 3.05) is 16.6 Å². The summed E-state index contributed by atoms with van der Waals surface area (Å²) < 4.78 is 33.3. The lowest BCUT2D eigenvalue weighted by Crippen LogP contribution is -2.21. The van der Waals surface area contributed by atoms with E-state index in [4.69, 9.17) is 10.00 Å². The summed E-state index contributed by atoms with van der Waals surface area (Å²) >= 11 is 0. The van der Waals surface area contributed by atoms with Crippen molar-refractivity contribution in [1.82, 2.24) is 0 Å². The number of nitrogens with zero attached hydrogens (tertiary/aromatic N) is 1. The molecule has 0 fully saturated rings. The highest BCUT2D eigenvalue weighted by molar-refractivity contribution is 7.92. The van der Waals surface area contributed by atoms with Crippen molar-refractivity contribution in [3.8, 4) is 6.07 Å². The smallest absolute Gasteiger partial charge is 0.338 e. The highest BCUT2D eigenvalue weighted by atomic mass is 32.2. The standard InChI is InChI=1S/C24H21N3O5S/c1-16-5-3-8-21(11-16)27-33(30,31)22-13-19(10-9-17(22)2)24(29)32-15-23(28)26-20-7-4-6-18(12-20)14-25/h3-13,27H,15H2,1-2H3,(H,26,28). The van der Waals surface area contributed by atoms with Gasteiger partial charge >= 0.3 is 5.97 Å². The number of sulfonamides is 1. The van der Waals surface area contributed by atoms with Crippen molar-refractivity contribution in [2.24, 2.45) is 0 Å². The van der Waals surface area contributed by atoms with Crippen molar-refractivity contribution >= 4 is 33.3 Å². The van der Waals surface area contributed by atoms with Crippen LogP contribution in [0.5, 0.6) is 0 Å². The SMILES string of the molecule is Cc1cccc(NS(=O)(=O)c2cc(C(=O)OCC(=O)Nc3cccc(C#N)c3)ccc2C)c1. The number of rotatable bonds is 7. The number of hydrogen-bond acceptors (Lipinski definition) is 6. The summed E-state index contributed by atoms with van der Waals surface area (Å²) in [5, 5.41) is 11.4. The maximum atomic E-state index is 12.9.